The van der Waals surface area contributed by atoms with Gasteiger partial charge >= 0.3 is 5.97 Å². The fraction of sp³-hybridized carbons (Fsp3) is 0.611. The van der Waals surface area contributed by atoms with Crippen LogP contribution >= 0.6 is 0 Å². The molecule has 0 amide bonds. The van der Waals surface area contributed by atoms with Crippen LogP contribution in [0.1, 0.15) is 37.0 Å². The van der Waals surface area contributed by atoms with Crippen LogP contribution in [0.5, 0.6) is 11.5 Å². The van der Waals surface area contributed by atoms with E-state index in [4.69, 9.17) is 14.2 Å². The van der Waals surface area contributed by atoms with Gasteiger partial charge in [-0.25, -0.2) is 4.79 Å². The second kappa shape index (κ2) is 7.21. The highest BCUT2D eigenvalue weighted by atomic mass is 16.6. The fourth-order valence-electron chi connectivity index (χ4n) is 3.07. The van der Waals surface area contributed by atoms with Crippen LogP contribution in [0.15, 0.2) is 18.2 Å². The number of benzene rings is 1. The Morgan fingerprint density at radius 2 is 1.96 bits per heavy atom. The molecule has 0 N–H and O–H groups in total. The predicted molar refractivity (Wildman–Crippen MR) is 87.1 cm³/mol. The van der Waals surface area contributed by atoms with Crippen molar-refractivity contribution in [2.75, 3.05) is 32.8 Å². The summed E-state index contributed by atoms with van der Waals surface area (Å²) < 4.78 is 16.6. The molecule has 2 heterocycles. The van der Waals surface area contributed by atoms with Gasteiger partial charge in [-0.3, -0.25) is 4.90 Å². The van der Waals surface area contributed by atoms with Crippen molar-refractivity contribution in [3.05, 3.63) is 23.8 Å². The Morgan fingerprint density at radius 3 is 2.70 bits per heavy atom. The topological polar surface area (TPSA) is 48.0 Å². The van der Waals surface area contributed by atoms with Crippen LogP contribution in [0, 0.1) is 5.92 Å². The third-order valence-electron chi connectivity index (χ3n) is 4.48. The maximum atomic E-state index is 12.3. The summed E-state index contributed by atoms with van der Waals surface area (Å²) in [5.74, 6) is 1.80. The van der Waals surface area contributed by atoms with Gasteiger partial charge in [0.05, 0.1) is 5.56 Å². The number of fused-ring (bicyclic) bond motifs is 1. The average Bonchev–Trinajstić information content (AvgIpc) is 2.56. The maximum Gasteiger partial charge on any atom is 0.338 e. The standard InChI is InChI=1S/C18H25NO4/c1-13-5-7-19(8-6-13)12-14(2)23-18(20)15-3-4-16-17(11-15)22-10-9-21-16/h3-4,11,13-14H,5-10,12H2,1-2H3. The second-order valence-corrected chi connectivity index (χ2v) is 6.56. The minimum absolute atomic E-state index is 0.121. The van der Waals surface area contributed by atoms with E-state index in [1.807, 2.05) is 6.92 Å². The van der Waals surface area contributed by atoms with Crippen molar-refractivity contribution in [1.29, 1.82) is 0 Å². The number of piperidine rings is 1. The number of esters is 1. The molecule has 126 valence electrons. The molecule has 0 saturated carbocycles. The zero-order valence-corrected chi connectivity index (χ0v) is 13.9. The molecule has 0 bridgehead atoms. The van der Waals surface area contributed by atoms with E-state index in [0.717, 1.165) is 25.6 Å². The molecular weight excluding hydrogens is 294 g/mol. The largest absolute Gasteiger partial charge is 0.486 e. The van der Waals surface area contributed by atoms with E-state index in [0.29, 0.717) is 30.3 Å². The summed E-state index contributed by atoms with van der Waals surface area (Å²) in [6, 6.07) is 5.19. The number of rotatable bonds is 4. The van der Waals surface area contributed by atoms with Gasteiger partial charge in [-0.2, -0.15) is 0 Å². The molecule has 1 aromatic rings. The van der Waals surface area contributed by atoms with Crippen molar-refractivity contribution in [3.8, 4) is 11.5 Å². The van der Waals surface area contributed by atoms with Gasteiger partial charge in [0.2, 0.25) is 0 Å². The molecule has 1 saturated heterocycles. The lowest BCUT2D eigenvalue weighted by atomic mass is 9.99. The van der Waals surface area contributed by atoms with E-state index in [-0.39, 0.29) is 12.1 Å². The Hall–Kier alpha value is -1.75. The Labute approximate surface area is 137 Å². The summed E-state index contributed by atoms with van der Waals surface area (Å²) in [7, 11) is 0. The molecular formula is C18H25NO4. The maximum absolute atomic E-state index is 12.3. The molecule has 5 nitrogen and oxygen atoms in total. The highest BCUT2D eigenvalue weighted by Crippen LogP contribution is 2.31. The van der Waals surface area contributed by atoms with Crippen LogP contribution in [0.3, 0.4) is 0 Å². The molecule has 5 heteroatoms. The Morgan fingerprint density at radius 1 is 1.26 bits per heavy atom. The van der Waals surface area contributed by atoms with Crippen molar-refractivity contribution in [2.24, 2.45) is 5.92 Å². The Bertz CT molecular complexity index is 552. The van der Waals surface area contributed by atoms with Crippen LogP contribution in [0.4, 0.5) is 0 Å². The van der Waals surface area contributed by atoms with E-state index in [1.165, 1.54) is 12.8 Å². The fourth-order valence-corrected chi connectivity index (χ4v) is 3.07. The van der Waals surface area contributed by atoms with E-state index in [1.54, 1.807) is 18.2 Å². The van der Waals surface area contributed by atoms with Gasteiger partial charge in [0.25, 0.3) is 0 Å². The normalized spacial score (nSPS) is 20.1. The van der Waals surface area contributed by atoms with Crippen LogP contribution in [-0.2, 0) is 4.74 Å². The lowest BCUT2D eigenvalue weighted by molar-refractivity contribution is 0.0221. The van der Waals surface area contributed by atoms with Crippen molar-refractivity contribution in [2.45, 2.75) is 32.8 Å². The Kier molecular flexibility index (Phi) is 5.06. The molecule has 0 aromatic heterocycles. The van der Waals surface area contributed by atoms with Crippen LogP contribution in [-0.4, -0.2) is 49.8 Å². The second-order valence-electron chi connectivity index (χ2n) is 6.56. The molecule has 0 radical (unpaired) electrons. The molecule has 1 atom stereocenters. The predicted octanol–water partition coefficient (Wildman–Crippen LogP) is 2.74. The number of carbonyl (C=O) groups is 1. The number of hydrogen-bond donors (Lipinski definition) is 0. The van der Waals surface area contributed by atoms with Gasteiger partial charge in [-0.1, -0.05) is 6.92 Å². The molecule has 2 aliphatic rings. The number of likely N-dealkylation sites (tertiary alicyclic amines) is 1. The monoisotopic (exact) mass is 319 g/mol. The smallest absolute Gasteiger partial charge is 0.338 e. The molecule has 1 unspecified atom stereocenters. The summed E-state index contributed by atoms with van der Waals surface area (Å²) in [6.07, 6.45) is 2.33. The molecule has 23 heavy (non-hydrogen) atoms. The zero-order valence-electron chi connectivity index (χ0n) is 13.9. The SMILES string of the molecule is CC1CCN(CC(C)OC(=O)c2ccc3c(c2)OCCO3)CC1. The van der Waals surface area contributed by atoms with Gasteiger partial charge < -0.3 is 14.2 Å². The van der Waals surface area contributed by atoms with Gasteiger partial charge in [0, 0.05) is 6.54 Å². The number of nitrogens with zero attached hydrogens (tertiary/aromatic N) is 1. The minimum atomic E-state index is -0.306. The quantitative estimate of drug-likeness (QED) is 0.799. The lowest BCUT2D eigenvalue weighted by Gasteiger charge is -2.31. The first-order valence-corrected chi connectivity index (χ1v) is 8.45. The molecule has 1 fully saturated rings. The summed E-state index contributed by atoms with van der Waals surface area (Å²) in [5, 5.41) is 0. The average molecular weight is 319 g/mol. The van der Waals surface area contributed by atoms with Gasteiger partial charge in [-0.15, -0.1) is 0 Å². The highest BCUT2D eigenvalue weighted by molar-refractivity contribution is 5.90. The zero-order chi connectivity index (χ0) is 16.2. The van der Waals surface area contributed by atoms with E-state index in [9.17, 15) is 4.79 Å². The Balaban J connectivity index is 1.54. The van der Waals surface area contributed by atoms with Gasteiger partial charge in [0.15, 0.2) is 11.5 Å². The number of carbonyl (C=O) groups excluding carboxylic acids is 1. The lowest BCUT2D eigenvalue weighted by Crippen LogP contribution is -2.38. The first-order chi connectivity index (χ1) is 11.1. The van der Waals surface area contributed by atoms with Crippen molar-refractivity contribution in [1.82, 2.24) is 4.90 Å². The minimum Gasteiger partial charge on any atom is -0.486 e. The number of ether oxygens (including phenoxy) is 3. The van der Waals surface area contributed by atoms with Crippen molar-refractivity contribution >= 4 is 5.97 Å². The summed E-state index contributed by atoms with van der Waals surface area (Å²) in [5.41, 5.74) is 0.508. The first kappa shape index (κ1) is 16.1. The van der Waals surface area contributed by atoms with Crippen LogP contribution in [0.25, 0.3) is 0 Å². The first-order valence-electron chi connectivity index (χ1n) is 8.45. The summed E-state index contributed by atoms with van der Waals surface area (Å²) in [4.78, 5) is 14.7. The third-order valence-corrected chi connectivity index (χ3v) is 4.48. The van der Waals surface area contributed by atoms with E-state index in [2.05, 4.69) is 11.8 Å². The molecule has 0 spiro atoms. The van der Waals surface area contributed by atoms with E-state index >= 15 is 0 Å². The van der Waals surface area contributed by atoms with Crippen molar-refractivity contribution < 1.29 is 19.0 Å². The van der Waals surface area contributed by atoms with Gasteiger partial charge in [-0.05, 0) is 57.0 Å². The third kappa shape index (κ3) is 4.16. The summed E-state index contributed by atoms with van der Waals surface area (Å²) in [6.45, 7) is 8.28. The molecule has 1 aromatic carbocycles. The van der Waals surface area contributed by atoms with E-state index < -0.39 is 0 Å². The van der Waals surface area contributed by atoms with Crippen LogP contribution in [0.2, 0.25) is 0 Å². The van der Waals surface area contributed by atoms with Crippen molar-refractivity contribution in [3.63, 3.8) is 0 Å². The highest BCUT2D eigenvalue weighted by Gasteiger charge is 2.21. The molecule has 0 aliphatic carbocycles. The summed E-state index contributed by atoms with van der Waals surface area (Å²) >= 11 is 0. The molecule has 3 rings (SSSR count). The van der Waals surface area contributed by atoms with Crippen LogP contribution < -0.4 is 9.47 Å². The molecule has 2 aliphatic heterocycles. The number of hydrogen-bond acceptors (Lipinski definition) is 5. The van der Waals surface area contributed by atoms with Gasteiger partial charge in [0.1, 0.15) is 19.3 Å².